The molecule has 0 saturated carbocycles. The van der Waals surface area contributed by atoms with Gasteiger partial charge in [0.15, 0.2) is 0 Å². The quantitative estimate of drug-likeness (QED) is 0.724. The molecule has 1 aromatic heterocycles. The minimum absolute atomic E-state index is 0.218. The van der Waals surface area contributed by atoms with E-state index in [4.69, 9.17) is 16.3 Å². The Bertz CT molecular complexity index is 438. The maximum Gasteiger partial charge on any atom is 0.253 e. The van der Waals surface area contributed by atoms with Crippen LogP contribution in [0.2, 0.25) is 5.02 Å². The second-order valence-electron chi connectivity index (χ2n) is 4.80. The number of hydrogen-bond donors (Lipinski definition) is 2. The maximum atomic E-state index is 12.0. The predicted octanol–water partition coefficient (Wildman–Crippen LogP) is 2.57. The van der Waals surface area contributed by atoms with Gasteiger partial charge in [0.05, 0.1) is 17.2 Å². The molecular weight excluding hydrogens is 278 g/mol. The van der Waals surface area contributed by atoms with Crippen molar-refractivity contribution in [2.45, 2.75) is 20.8 Å². The topological polar surface area (TPSA) is 63.2 Å². The first kappa shape index (κ1) is 16.7. The van der Waals surface area contributed by atoms with E-state index in [0.29, 0.717) is 42.1 Å². The number of carbonyl (C=O) groups excluding carboxylic acids is 1. The highest BCUT2D eigenvalue weighted by Crippen LogP contribution is 2.17. The summed E-state index contributed by atoms with van der Waals surface area (Å²) in [5.41, 5.74) is 0.418. The molecule has 20 heavy (non-hydrogen) atoms. The van der Waals surface area contributed by atoms with Crippen molar-refractivity contribution in [3.05, 3.63) is 22.8 Å². The summed E-state index contributed by atoms with van der Waals surface area (Å²) in [6, 6.07) is 1.65. The number of halogens is 1. The van der Waals surface area contributed by atoms with E-state index in [1.165, 1.54) is 6.20 Å². The SMILES string of the molecule is CCNc1cc(C(=O)NCCOCC(C)C)c(Cl)cn1. The van der Waals surface area contributed by atoms with Gasteiger partial charge in [-0.15, -0.1) is 0 Å². The predicted molar refractivity (Wildman–Crippen MR) is 81.4 cm³/mol. The van der Waals surface area contributed by atoms with Gasteiger partial charge in [-0.25, -0.2) is 4.98 Å². The van der Waals surface area contributed by atoms with Crippen molar-refractivity contribution in [2.24, 2.45) is 5.92 Å². The van der Waals surface area contributed by atoms with Gasteiger partial charge in [-0.2, -0.15) is 0 Å². The zero-order chi connectivity index (χ0) is 15.0. The van der Waals surface area contributed by atoms with Crippen LogP contribution in [-0.2, 0) is 4.74 Å². The Morgan fingerprint density at radius 3 is 2.90 bits per heavy atom. The van der Waals surface area contributed by atoms with E-state index >= 15 is 0 Å². The molecule has 0 aliphatic rings. The Kier molecular flexibility index (Phi) is 7.33. The highest BCUT2D eigenvalue weighted by Gasteiger charge is 2.11. The standard InChI is InChI=1S/C14H22ClN3O2/c1-4-16-13-7-11(12(15)8-18-13)14(19)17-5-6-20-9-10(2)3/h7-8,10H,4-6,9H2,1-3H3,(H,16,18)(H,17,19). The summed E-state index contributed by atoms with van der Waals surface area (Å²) in [5.74, 6) is 0.908. The molecule has 5 nitrogen and oxygen atoms in total. The molecule has 0 saturated heterocycles. The molecule has 1 heterocycles. The highest BCUT2D eigenvalue weighted by atomic mass is 35.5. The minimum Gasteiger partial charge on any atom is -0.379 e. The zero-order valence-corrected chi connectivity index (χ0v) is 13.0. The van der Waals surface area contributed by atoms with Crippen molar-refractivity contribution < 1.29 is 9.53 Å². The van der Waals surface area contributed by atoms with Crippen LogP contribution >= 0.6 is 11.6 Å². The molecule has 0 atom stereocenters. The molecule has 0 fully saturated rings. The number of anilines is 1. The van der Waals surface area contributed by atoms with E-state index < -0.39 is 0 Å². The van der Waals surface area contributed by atoms with Crippen molar-refractivity contribution in [2.75, 3.05) is 31.6 Å². The summed E-state index contributed by atoms with van der Waals surface area (Å²) in [6.45, 7) is 8.50. The largest absolute Gasteiger partial charge is 0.379 e. The average Bonchev–Trinajstić information content (AvgIpc) is 2.40. The fourth-order valence-electron chi connectivity index (χ4n) is 1.54. The molecule has 1 rings (SSSR count). The second-order valence-corrected chi connectivity index (χ2v) is 5.21. The van der Waals surface area contributed by atoms with Crippen LogP contribution in [0.4, 0.5) is 5.82 Å². The normalized spacial score (nSPS) is 10.7. The number of aromatic nitrogens is 1. The number of rotatable bonds is 8. The lowest BCUT2D eigenvalue weighted by Gasteiger charge is -2.10. The Hall–Kier alpha value is -1.33. The molecule has 0 aromatic carbocycles. The minimum atomic E-state index is -0.218. The van der Waals surface area contributed by atoms with Crippen molar-refractivity contribution in [3.63, 3.8) is 0 Å². The fraction of sp³-hybridized carbons (Fsp3) is 0.571. The molecule has 0 aliphatic carbocycles. The van der Waals surface area contributed by atoms with E-state index in [0.717, 1.165) is 6.54 Å². The van der Waals surface area contributed by atoms with Gasteiger partial charge in [0.2, 0.25) is 0 Å². The summed E-state index contributed by atoms with van der Waals surface area (Å²) in [7, 11) is 0. The molecule has 0 spiro atoms. The van der Waals surface area contributed by atoms with Crippen LogP contribution in [0, 0.1) is 5.92 Å². The lowest BCUT2D eigenvalue weighted by Crippen LogP contribution is -2.28. The first-order valence-corrected chi connectivity index (χ1v) is 7.17. The van der Waals surface area contributed by atoms with Gasteiger partial charge in [-0.05, 0) is 18.9 Å². The molecule has 1 aromatic rings. The summed E-state index contributed by atoms with van der Waals surface area (Å²) >= 11 is 5.99. The van der Waals surface area contributed by atoms with Crippen LogP contribution in [0.3, 0.4) is 0 Å². The molecule has 112 valence electrons. The Morgan fingerprint density at radius 1 is 1.50 bits per heavy atom. The number of nitrogens with one attached hydrogen (secondary N) is 2. The van der Waals surface area contributed by atoms with E-state index in [1.54, 1.807) is 6.07 Å². The van der Waals surface area contributed by atoms with Crippen molar-refractivity contribution in [3.8, 4) is 0 Å². The monoisotopic (exact) mass is 299 g/mol. The van der Waals surface area contributed by atoms with Crippen LogP contribution in [0.15, 0.2) is 12.3 Å². The maximum absolute atomic E-state index is 12.0. The van der Waals surface area contributed by atoms with Gasteiger partial charge in [-0.1, -0.05) is 25.4 Å². The van der Waals surface area contributed by atoms with Crippen LogP contribution in [0.25, 0.3) is 0 Å². The lowest BCUT2D eigenvalue weighted by molar-refractivity contribution is 0.0886. The molecule has 6 heteroatoms. The Balaban J connectivity index is 2.48. The first-order chi connectivity index (χ1) is 9.54. The average molecular weight is 300 g/mol. The highest BCUT2D eigenvalue weighted by molar-refractivity contribution is 6.33. The third kappa shape index (κ3) is 5.75. The summed E-state index contributed by atoms with van der Waals surface area (Å²) < 4.78 is 5.40. The van der Waals surface area contributed by atoms with Gasteiger partial charge < -0.3 is 15.4 Å². The summed E-state index contributed by atoms with van der Waals surface area (Å²) in [4.78, 5) is 16.1. The smallest absolute Gasteiger partial charge is 0.253 e. The number of ether oxygens (including phenoxy) is 1. The van der Waals surface area contributed by atoms with Gasteiger partial charge in [-0.3, -0.25) is 4.79 Å². The molecule has 0 aliphatic heterocycles. The Morgan fingerprint density at radius 2 is 2.25 bits per heavy atom. The van der Waals surface area contributed by atoms with E-state index in [1.807, 2.05) is 6.92 Å². The number of amides is 1. The summed E-state index contributed by atoms with van der Waals surface area (Å²) in [5, 5.41) is 6.16. The molecule has 0 radical (unpaired) electrons. The van der Waals surface area contributed by atoms with Crippen LogP contribution < -0.4 is 10.6 Å². The lowest BCUT2D eigenvalue weighted by atomic mass is 10.2. The van der Waals surface area contributed by atoms with Crippen LogP contribution in [-0.4, -0.2) is 37.2 Å². The van der Waals surface area contributed by atoms with Gasteiger partial charge in [0.1, 0.15) is 5.82 Å². The van der Waals surface area contributed by atoms with Crippen molar-refractivity contribution in [1.29, 1.82) is 0 Å². The van der Waals surface area contributed by atoms with Crippen molar-refractivity contribution in [1.82, 2.24) is 10.3 Å². The third-order valence-electron chi connectivity index (χ3n) is 2.44. The van der Waals surface area contributed by atoms with Crippen LogP contribution in [0.1, 0.15) is 31.1 Å². The second kappa shape index (κ2) is 8.76. The number of nitrogens with zero attached hydrogens (tertiary/aromatic N) is 1. The fourth-order valence-corrected chi connectivity index (χ4v) is 1.73. The molecule has 2 N–H and O–H groups in total. The van der Waals surface area contributed by atoms with Gasteiger partial charge in [0, 0.05) is 25.9 Å². The van der Waals surface area contributed by atoms with Gasteiger partial charge >= 0.3 is 0 Å². The number of pyridine rings is 1. The van der Waals surface area contributed by atoms with E-state index in [9.17, 15) is 4.79 Å². The molecular formula is C14H22ClN3O2. The van der Waals surface area contributed by atoms with Crippen molar-refractivity contribution >= 4 is 23.3 Å². The zero-order valence-electron chi connectivity index (χ0n) is 12.2. The number of carbonyl (C=O) groups is 1. The summed E-state index contributed by atoms with van der Waals surface area (Å²) in [6.07, 6.45) is 1.48. The number of hydrogen-bond acceptors (Lipinski definition) is 4. The Labute approximate surface area is 125 Å². The molecule has 0 bridgehead atoms. The van der Waals surface area contributed by atoms with Crippen LogP contribution in [0.5, 0.6) is 0 Å². The first-order valence-electron chi connectivity index (χ1n) is 6.80. The van der Waals surface area contributed by atoms with E-state index in [-0.39, 0.29) is 5.91 Å². The van der Waals surface area contributed by atoms with E-state index in [2.05, 4.69) is 29.5 Å². The molecule has 1 amide bonds. The third-order valence-corrected chi connectivity index (χ3v) is 2.74. The molecule has 0 unspecified atom stereocenters. The van der Waals surface area contributed by atoms with Gasteiger partial charge in [0.25, 0.3) is 5.91 Å².